The van der Waals surface area contributed by atoms with Gasteiger partial charge in [0.15, 0.2) is 5.78 Å². The van der Waals surface area contributed by atoms with Gasteiger partial charge in [-0.2, -0.15) is 0 Å². The number of rotatable bonds is 6. The molecule has 0 spiro atoms. The van der Waals surface area contributed by atoms with Gasteiger partial charge in [0, 0.05) is 13.0 Å². The van der Waals surface area contributed by atoms with Crippen LogP contribution in [0.5, 0.6) is 0 Å². The predicted octanol–water partition coefficient (Wildman–Crippen LogP) is 6.32. The van der Waals surface area contributed by atoms with Gasteiger partial charge in [0.1, 0.15) is 0 Å². The maximum Gasteiger partial charge on any atom is 0.155 e. The van der Waals surface area contributed by atoms with Gasteiger partial charge >= 0.3 is 0 Å². The molecule has 0 amide bonds. The molecule has 4 rings (SSSR count). The van der Waals surface area contributed by atoms with Gasteiger partial charge in [-0.05, 0) is 97.9 Å². The zero-order valence-electron chi connectivity index (χ0n) is 18.5. The van der Waals surface area contributed by atoms with Crippen molar-refractivity contribution in [2.75, 3.05) is 6.61 Å². The first-order chi connectivity index (χ1) is 13.4. The van der Waals surface area contributed by atoms with Crippen LogP contribution in [0.2, 0.25) is 0 Å². The molecule has 4 aliphatic rings. The summed E-state index contributed by atoms with van der Waals surface area (Å²) >= 11 is 0. The molecule has 2 nitrogen and oxygen atoms in total. The number of allylic oxidation sites excluding steroid dienone is 1. The first-order valence-electron chi connectivity index (χ1n) is 12.2. The topological polar surface area (TPSA) is 37.3 Å². The highest BCUT2D eigenvalue weighted by atomic mass is 16.2. The summed E-state index contributed by atoms with van der Waals surface area (Å²) in [6, 6.07) is 0. The van der Waals surface area contributed by atoms with Crippen LogP contribution in [0.3, 0.4) is 0 Å². The molecule has 0 aromatic rings. The molecule has 0 saturated heterocycles. The van der Waals surface area contributed by atoms with Crippen LogP contribution < -0.4 is 0 Å². The fourth-order valence-corrected chi connectivity index (χ4v) is 8.49. The number of unbranched alkanes of at least 4 members (excludes halogenated alkanes) is 2. The Morgan fingerprint density at radius 2 is 1.86 bits per heavy atom. The predicted molar refractivity (Wildman–Crippen MR) is 115 cm³/mol. The Morgan fingerprint density at radius 1 is 1.04 bits per heavy atom. The quantitative estimate of drug-likeness (QED) is 0.542. The fraction of sp³-hybridized carbons (Fsp3) is 0.885. The second kappa shape index (κ2) is 7.89. The zero-order chi connectivity index (χ0) is 19.9. The van der Waals surface area contributed by atoms with E-state index in [0.29, 0.717) is 23.2 Å². The summed E-state index contributed by atoms with van der Waals surface area (Å²) in [5, 5.41) is 9.04. The SMILES string of the molecule is CC(CCCCCO)C1CCC2C3CCC4=CC(=O)CCC4(C)C3CCC12C. The minimum Gasteiger partial charge on any atom is -0.396 e. The standard InChI is InChI=1S/C26H42O2/c1-18(7-5-4-6-16-27)22-10-11-23-21-9-8-19-17-20(28)12-14-25(19,2)24(21)13-15-26(22,23)3/h17-18,21-24,27H,4-16H2,1-3H3. The molecule has 158 valence electrons. The molecule has 0 aromatic heterocycles. The van der Waals surface area contributed by atoms with Gasteiger partial charge < -0.3 is 5.11 Å². The third-order valence-corrected chi connectivity index (χ3v) is 10.0. The van der Waals surface area contributed by atoms with E-state index in [1.54, 1.807) is 0 Å². The normalized spacial score (nSPS) is 43.7. The summed E-state index contributed by atoms with van der Waals surface area (Å²) < 4.78 is 0. The maximum atomic E-state index is 12.0. The van der Waals surface area contributed by atoms with E-state index >= 15 is 0 Å². The Bertz CT molecular complexity index is 622. The molecular weight excluding hydrogens is 344 g/mol. The molecule has 0 bridgehead atoms. The van der Waals surface area contributed by atoms with E-state index in [9.17, 15) is 4.79 Å². The average molecular weight is 387 g/mol. The number of hydrogen-bond acceptors (Lipinski definition) is 2. The van der Waals surface area contributed by atoms with Crippen LogP contribution in [0.4, 0.5) is 0 Å². The lowest BCUT2D eigenvalue weighted by Crippen LogP contribution is -2.50. The van der Waals surface area contributed by atoms with Crippen LogP contribution in [-0.2, 0) is 4.79 Å². The van der Waals surface area contributed by atoms with Crippen molar-refractivity contribution >= 4 is 5.78 Å². The third kappa shape index (κ3) is 3.32. The van der Waals surface area contributed by atoms with E-state index < -0.39 is 0 Å². The summed E-state index contributed by atoms with van der Waals surface area (Å²) in [5.74, 6) is 4.71. The molecule has 2 heteroatoms. The zero-order valence-corrected chi connectivity index (χ0v) is 18.5. The van der Waals surface area contributed by atoms with Crippen molar-refractivity contribution in [3.05, 3.63) is 11.6 Å². The number of aliphatic hydroxyl groups is 1. The first kappa shape index (κ1) is 20.6. The lowest BCUT2D eigenvalue weighted by Gasteiger charge is -2.58. The Balaban J connectivity index is 1.48. The molecule has 3 fully saturated rings. The lowest BCUT2D eigenvalue weighted by atomic mass is 9.46. The largest absolute Gasteiger partial charge is 0.396 e. The van der Waals surface area contributed by atoms with Crippen molar-refractivity contribution in [1.82, 2.24) is 0 Å². The Morgan fingerprint density at radius 3 is 2.64 bits per heavy atom. The molecule has 0 radical (unpaired) electrons. The van der Waals surface area contributed by atoms with Crippen LogP contribution in [0.15, 0.2) is 11.6 Å². The van der Waals surface area contributed by atoms with E-state index in [4.69, 9.17) is 5.11 Å². The lowest BCUT2D eigenvalue weighted by molar-refractivity contribution is -0.117. The second-order valence-corrected chi connectivity index (χ2v) is 11.2. The van der Waals surface area contributed by atoms with Gasteiger partial charge in [-0.1, -0.05) is 45.6 Å². The van der Waals surface area contributed by atoms with Gasteiger partial charge in [0.25, 0.3) is 0 Å². The second-order valence-electron chi connectivity index (χ2n) is 11.2. The number of hydrogen-bond donors (Lipinski definition) is 1. The molecule has 1 N–H and O–H groups in total. The highest BCUT2D eigenvalue weighted by molar-refractivity contribution is 5.91. The molecule has 7 atom stereocenters. The molecular formula is C26H42O2. The van der Waals surface area contributed by atoms with E-state index in [1.165, 1.54) is 63.4 Å². The Hall–Kier alpha value is -0.630. The van der Waals surface area contributed by atoms with Crippen molar-refractivity contribution in [2.45, 2.75) is 97.8 Å². The van der Waals surface area contributed by atoms with Gasteiger partial charge in [-0.15, -0.1) is 0 Å². The van der Waals surface area contributed by atoms with Crippen LogP contribution in [0.25, 0.3) is 0 Å². The van der Waals surface area contributed by atoms with Gasteiger partial charge in [0.2, 0.25) is 0 Å². The summed E-state index contributed by atoms with van der Waals surface area (Å²) in [5.41, 5.74) is 2.35. The molecule has 3 saturated carbocycles. The highest BCUT2D eigenvalue weighted by Crippen LogP contribution is 2.67. The van der Waals surface area contributed by atoms with Crippen molar-refractivity contribution in [3.8, 4) is 0 Å². The Labute approximate surface area is 172 Å². The smallest absolute Gasteiger partial charge is 0.155 e. The van der Waals surface area contributed by atoms with Crippen LogP contribution in [-0.4, -0.2) is 17.5 Å². The average Bonchev–Trinajstić information content (AvgIpc) is 3.03. The monoisotopic (exact) mass is 386 g/mol. The van der Waals surface area contributed by atoms with Crippen LogP contribution >= 0.6 is 0 Å². The highest BCUT2D eigenvalue weighted by Gasteiger charge is 2.59. The minimum atomic E-state index is 0.312. The summed E-state index contributed by atoms with van der Waals surface area (Å²) in [4.78, 5) is 12.0. The van der Waals surface area contributed by atoms with Crippen molar-refractivity contribution in [1.29, 1.82) is 0 Å². The molecule has 7 unspecified atom stereocenters. The summed E-state index contributed by atoms with van der Waals surface area (Å²) in [6.07, 6.45) is 16.9. The number of fused-ring (bicyclic) bond motifs is 5. The number of carbonyl (C=O) groups excluding carboxylic acids is 1. The first-order valence-corrected chi connectivity index (χ1v) is 12.2. The molecule has 4 aliphatic carbocycles. The molecule has 28 heavy (non-hydrogen) atoms. The van der Waals surface area contributed by atoms with E-state index in [2.05, 4.69) is 20.8 Å². The number of aliphatic hydroxyl groups excluding tert-OH is 1. The van der Waals surface area contributed by atoms with Crippen molar-refractivity contribution in [2.24, 2.45) is 40.4 Å². The molecule has 0 aromatic carbocycles. The van der Waals surface area contributed by atoms with Crippen LogP contribution in [0.1, 0.15) is 97.8 Å². The van der Waals surface area contributed by atoms with Crippen molar-refractivity contribution < 1.29 is 9.90 Å². The van der Waals surface area contributed by atoms with Gasteiger partial charge in [-0.25, -0.2) is 0 Å². The minimum absolute atomic E-state index is 0.312. The number of carbonyl (C=O) groups is 1. The Kier molecular flexibility index (Phi) is 5.82. The van der Waals surface area contributed by atoms with Gasteiger partial charge in [-0.3, -0.25) is 4.79 Å². The fourth-order valence-electron chi connectivity index (χ4n) is 8.49. The maximum absolute atomic E-state index is 12.0. The van der Waals surface area contributed by atoms with E-state index in [-0.39, 0.29) is 0 Å². The molecule has 0 heterocycles. The number of ketones is 1. The van der Waals surface area contributed by atoms with E-state index in [1.807, 2.05) is 6.08 Å². The van der Waals surface area contributed by atoms with Gasteiger partial charge in [0.05, 0.1) is 0 Å². The van der Waals surface area contributed by atoms with Crippen LogP contribution in [0, 0.1) is 40.4 Å². The third-order valence-electron chi connectivity index (χ3n) is 10.0. The summed E-state index contributed by atoms with van der Waals surface area (Å²) in [7, 11) is 0. The summed E-state index contributed by atoms with van der Waals surface area (Å²) in [6.45, 7) is 8.01. The van der Waals surface area contributed by atoms with Crippen molar-refractivity contribution in [3.63, 3.8) is 0 Å². The van der Waals surface area contributed by atoms with E-state index in [0.717, 1.165) is 48.9 Å². The molecule has 0 aliphatic heterocycles.